The van der Waals surface area contributed by atoms with Crippen molar-refractivity contribution in [1.29, 1.82) is 0 Å². The van der Waals surface area contributed by atoms with Crippen LogP contribution in [0.5, 0.6) is 0 Å². The van der Waals surface area contributed by atoms with Gasteiger partial charge in [-0.05, 0) is 37.5 Å². The van der Waals surface area contributed by atoms with Crippen molar-refractivity contribution in [3.05, 3.63) is 25.7 Å². The van der Waals surface area contributed by atoms with E-state index in [9.17, 15) is 0 Å². The minimum atomic E-state index is 0.331. The van der Waals surface area contributed by atoms with Gasteiger partial charge in [0.05, 0.1) is 12.5 Å². The van der Waals surface area contributed by atoms with Crippen molar-refractivity contribution in [2.75, 3.05) is 13.2 Å². The van der Waals surface area contributed by atoms with Crippen molar-refractivity contribution < 1.29 is 14.9 Å². The zero-order valence-corrected chi connectivity index (χ0v) is 9.27. The minimum Gasteiger partial charge on any atom is -0.474 e. The maximum Gasteiger partial charge on any atom is 0.0829 e. The Hall–Kier alpha value is -0.800. The Morgan fingerprint density at radius 1 is 0.933 bits per heavy atom. The van der Waals surface area contributed by atoms with Gasteiger partial charge in [-0.25, -0.2) is 0 Å². The summed E-state index contributed by atoms with van der Waals surface area (Å²) >= 11 is 0. The van der Waals surface area contributed by atoms with Crippen LogP contribution in [0.2, 0.25) is 0 Å². The van der Waals surface area contributed by atoms with E-state index in [1.54, 1.807) is 0 Å². The molecule has 15 heavy (non-hydrogen) atoms. The highest BCUT2D eigenvalue weighted by atomic mass is 16.5. The molecule has 0 aromatic heterocycles. The number of aliphatic hydroxyl groups excluding tert-OH is 2. The highest BCUT2D eigenvalue weighted by molar-refractivity contribution is 4.70. The monoisotopic (exact) mass is 214 g/mol. The van der Waals surface area contributed by atoms with Crippen molar-refractivity contribution in [1.82, 2.24) is 0 Å². The lowest BCUT2D eigenvalue weighted by molar-refractivity contribution is 0.131. The van der Waals surface area contributed by atoms with E-state index >= 15 is 0 Å². The highest BCUT2D eigenvalue weighted by Crippen LogP contribution is 2.27. The zero-order chi connectivity index (χ0) is 11.5. The van der Waals surface area contributed by atoms with Gasteiger partial charge >= 0.3 is 0 Å². The van der Waals surface area contributed by atoms with Crippen LogP contribution in [0.3, 0.4) is 0 Å². The summed E-state index contributed by atoms with van der Waals surface area (Å²) in [7, 11) is 0. The molecule has 0 heterocycles. The third kappa shape index (κ3) is 7.17. The molecule has 1 aliphatic rings. The first-order valence-corrected chi connectivity index (χ1v) is 5.37. The second-order valence-corrected chi connectivity index (χ2v) is 3.72. The minimum absolute atomic E-state index is 0.331. The molecule has 0 radical (unpaired) electrons. The molecular weight excluding hydrogens is 192 g/mol. The fourth-order valence-electron chi connectivity index (χ4n) is 1.66. The molecule has 0 aliphatic heterocycles. The maximum absolute atomic E-state index is 8.79. The van der Waals surface area contributed by atoms with Crippen molar-refractivity contribution >= 4 is 0 Å². The van der Waals surface area contributed by atoms with Crippen molar-refractivity contribution in [3.63, 3.8) is 0 Å². The number of hydrogen-bond donors (Lipinski definition) is 2. The van der Waals surface area contributed by atoms with Crippen LogP contribution in [0.1, 0.15) is 25.7 Å². The number of rotatable bonds is 4. The first-order chi connectivity index (χ1) is 7.28. The van der Waals surface area contributed by atoms with Gasteiger partial charge < -0.3 is 14.9 Å². The molecule has 1 rings (SSSR count). The summed E-state index contributed by atoms with van der Waals surface area (Å²) in [6, 6.07) is 0. The molecule has 2 N–H and O–H groups in total. The summed E-state index contributed by atoms with van der Waals surface area (Å²) in [6.45, 7) is 7.18. The second-order valence-electron chi connectivity index (χ2n) is 3.72. The molecule has 3 nitrogen and oxygen atoms in total. The Morgan fingerprint density at radius 2 is 1.27 bits per heavy atom. The van der Waals surface area contributed by atoms with Crippen LogP contribution in [0.4, 0.5) is 0 Å². The summed E-state index contributed by atoms with van der Waals surface area (Å²) in [6.07, 6.45) is 7.02. The van der Waals surface area contributed by atoms with E-state index in [1.807, 2.05) is 0 Å². The molecular formula is C12H22O3. The molecule has 0 unspecified atom stereocenters. The summed E-state index contributed by atoms with van der Waals surface area (Å²) in [5, 5.41) is 17.6. The Morgan fingerprint density at radius 3 is 1.40 bits per heavy atom. The van der Waals surface area contributed by atoms with Gasteiger partial charge in [0.1, 0.15) is 0 Å². The zero-order valence-electron chi connectivity index (χ0n) is 9.27. The molecule has 0 saturated heterocycles. The molecule has 3 heteroatoms. The average Bonchev–Trinajstić information content (AvgIpc) is 2.31. The van der Waals surface area contributed by atoms with Crippen LogP contribution >= 0.6 is 0 Å². The third-order valence-corrected chi connectivity index (χ3v) is 2.68. The van der Waals surface area contributed by atoms with Crippen molar-refractivity contribution in [2.45, 2.75) is 25.7 Å². The van der Waals surface area contributed by atoms with Gasteiger partial charge in [0.25, 0.3) is 0 Å². The first kappa shape index (κ1) is 14.2. The summed E-state index contributed by atoms with van der Waals surface area (Å²) in [5.74, 6) is 1.03. The topological polar surface area (TPSA) is 49.7 Å². The normalized spacial score (nSPS) is 24.7. The van der Waals surface area contributed by atoms with Crippen LogP contribution in [-0.4, -0.2) is 23.4 Å². The Balaban J connectivity index is 0.000000336. The lowest BCUT2D eigenvalue weighted by Gasteiger charge is -2.25. The SMILES string of the molecule is C=COC=C.OC[C@H]1CC[C@@H](CO)CC1. The predicted octanol–water partition coefficient (Wildman–Crippen LogP) is 2.07. The molecule has 0 spiro atoms. The largest absolute Gasteiger partial charge is 0.474 e. The Bertz CT molecular complexity index is 142. The van der Waals surface area contributed by atoms with E-state index in [0.717, 1.165) is 25.7 Å². The molecule has 0 amide bonds. The van der Waals surface area contributed by atoms with E-state index in [4.69, 9.17) is 10.2 Å². The summed E-state index contributed by atoms with van der Waals surface area (Å²) in [5.41, 5.74) is 0. The second kappa shape index (κ2) is 9.74. The Labute approximate surface area is 92.1 Å². The molecule has 0 atom stereocenters. The molecule has 0 aromatic carbocycles. The predicted molar refractivity (Wildman–Crippen MR) is 61.1 cm³/mol. The molecule has 88 valence electrons. The van der Waals surface area contributed by atoms with Crippen molar-refractivity contribution in [2.24, 2.45) is 11.8 Å². The van der Waals surface area contributed by atoms with E-state index in [2.05, 4.69) is 17.9 Å². The maximum atomic E-state index is 8.79. The molecule has 1 saturated carbocycles. The first-order valence-electron chi connectivity index (χ1n) is 5.37. The van der Waals surface area contributed by atoms with Gasteiger partial charge in [0, 0.05) is 13.2 Å². The van der Waals surface area contributed by atoms with Gasteiger partial charge in [-0.15, -0.1) is 0 Å². The summed E-state index contributed by atoms with van der Waals surface area (Å²) in [4.78, 5) is 0. The smallest absolute Gasteiger partial charge is 0.0829 e. The standard InChI is InChI=1S/C8H16O2.C4H6O/c9-5-7-1-2-8(6-10)4-3-7;1-3-5-4-2/h7-10H,1-6H2;3-4H,1-2H2/t7-,8+;. The molecule has 1 fully saturated rings. The van der Waals surface area contributed by atoms with Gasteiger partial charge in [0.2, 0.25) is 0 Å². The molecule has 1 aliphatic carbocycles. The van der Waals surface area contributed by atoms with E-state index in [-0.39, 0.29) is 0 Å². The van der Waals surface area contributed by atoms with Crippen molar-refractivity contribution in [3.8, 4) is 0 Å². The number of hydrogen-bond acceptors (Lipinski definition) is 3. The average molecular weight is 214 g/mol. The van der Waals surface area contributed by atoms with E-state index < -0.39 is 0 Å². The van der Waals surface area contributed by atoms with Crippen LogP contribution in [-0.2, 0) is 4.74 Å². The third-order valence-electron chi connectivity index (χ3n) is 2.68. The van der Waals surface area contributed by atoms with Gasteiger partial charge in [-0.3, -0.25) is 0 Å². The van der Waals surface area contributed by atoms with Crippen LogP contribution < -0.4 is 0 Å². The fraction of sp³-hybridized carbons (Fsp3) is 0.667. The molecule has 0 aromatic rings. The van der Waals surface area contributed by atoms with Crippen LogP contribution in [0, 0.1) is 11.8 Å². The number of aliphatic hydroxyl groups is 2. The number of ether oxygens (including phenoxy) is 1. The fourth-order valence-corrected chi connectivity index (χ4v) is 1.66. The van der Waals surface area contributed by atoms with Gasteiger partial charge in [-0.2, -0.15) is 0 Å². The lowest BCUT2D eigenvalue weighted by atomic mass is 9.83. The van der Waals surface area contributed by atoms with Gasteiger partial charge in [0.15, 0.2) is 0 Å². The van der Waals surface area contributed by atoms with Gasteiger partial charge in [-0.1, -0.05) is 13.2 Å². The van der Waals surface area contributed by atoms with Crippen LogP contribution in [0.25, 0.3) is 0 Å². The van der Waals surface area contributed by atoms with E-state index in [0.29, 0.717) is 25.0 Å². The van der Waals surface area contributed by atoms with E-state index in [1.165, 1.54) is 12.5 Å². The lowest BCUT2D eigenvalue weighted by Crippen LogP contribution is -2.19. The van der Waals surface area contributed by atoms with Crippen LogP contribution in [0.15, 0.2) is 25.7 Å². The quantitative estimate of drug-likeness (QED) is 0.704. The summed E-state index contributed by atoms with van der Waals surface area (Å²) < 4.78 is 4.36. The molecule has 0 bridgehead atoms. The highest BCUT2D eigenvalue weighted by Gasteiger charge is 2.19. The Kier molecular flexibility index (Phi) is 9.22.